The van der Waals surface area contributed by atoms with Gasteiger partial charge in [-0.25, -0.2) is 4.79 Å². The van der Waals surface area contributed by atoms with Crippen LogP contribution in [0.15, 0.2) is 77.4 Å². The largest absolute Gasteiger partial charge is 0.467 e. The molecule has 0 fully saturated rings. The Hall–Kier alpha value is -3.05. The van der Waals surface area contributed by atoms with Crippen molar-refractivity contribution < 1.29 is 18.7 Å². The highest BCUT2D eigenvalue weighted by molar-refractivity contribution is 6.33. The van der Waals surface area contributed by atoms with Gasteiger partial charge in [-0.15, -0.1) is 0 Å². The molecule has 1 atom stereocenters. The molecule has 2 aromatic carbocycles. The Balaban J connectivity index is 1.65. The summed E-state index contributed by atoms with van der Waals surface area (Å²) in [6, 6.07) is 18.9. The predicted molar refractivity (Wildman–Crippen MR) is 96.9 cm³/mol. The minimum absolute atomic E-state index is 0.215. The van der Waals surface area contributed by atoms with Crippen LogP contribution in [0.25, 0.3) is 0 Å². The van der Waals surface area contributed by atoms with Crippen LogP contribution in [0.1, 0.15) is 27.7 Å². The molecule has 0 aliphatic carbocycles. The second-order valence-electron chi connectivity index (χ2n) is 5.48. The lowest BCUT2D eigenvalue weighted by atomic mass is 10.0. The zero-order valence-electron chi connectivity index (χ0n) is 13.7. The van der Waals surface area contributed by atoms with E-state index in [1.807, 2.05) is 30.3 Å². The van der Waals surface area contributed by atoms with Crippen molar-refractivity contribution in [2.24, 2.45) is 0 Å². The lowest BCUT2D eigenvalue weighted by molar-refractivity contribution is -0.124. The van der Waals surface area contributed by atoms with Gasteiger partial charge in [-0.1, -0.05) is 54.1 Å². The molecule has 0 saturated carbocycles. The van der Waals surface area contributed by atoms with E-state index in [9.17, 15) is 9.59 Å². The minimum atomic E-state index is -0.653. The fourth-order valence-corrected chi connectivity index (χ4v) is 2.67. The summed E-state index contributed by atoms with van der Waals surface area (Å²) < 4.78 is 10.5. The molecule has 3 rings (SSSR count). The second kappa shape index (κ2) is 8.36. The van der Waals surface area contributed by atoms with Crippen LogP contribution >= 0.6 is 11.6 Å². The monoisotopic (exact) mass is 369 g/mol. The molecular formula is C20H16ClNO4. The van der Waals surface area contributed by atoms with Crippen molar-refractivity contribution in [3.8, 4) is 0 Å². The summed E-state index contributed by atoms with van der Waals surface area (Å²) >= 11 is 5.95. The molecule has 0 radical (unpaired) electrons. The van der Waals surface area contributed by atoms with Crippen molar-refractivity contribution in [1.29, 1.82) is 0 Å². The molecule has 1 unspecified atom stereocenters. The summed E-state index contributed by atoms with van der Waals surface area (Å²) in [5, 5.41) is 3.09. The van der Waals surface area contributed by atoms with Gasteiger partial charge >= 0.3 is 5.97 Å². The molecule has 132 valence electrons. The van der Waals surface area contributed by atoms with Gasteiger partial charge in [0.05, 0.1) is 16.8 Å². The summed E-state index contributed by atoms with van der Waals surface area (Å²) in [4.78, 5) is 24.3. The average Bonchev–Trinajstić information content (AvgIpc) is 3.19. The van der Waals surface area contributed by atoms with Gasteiger partial charge in [-0.05, 0) is 29.8 Å². The third-order valence-electron chi connectivity index (χ3n) is 3.69. The Morgan fingerprint density at radius 2 is 1.73 bits per heavy atom. The first-order chi connectivity index (χ1) is 12.6. The van der Waals surface area contributed by atoms with E-state index in [0.29, 0.717) is 5.76 Å². The van der Waals surface area contributed by atoms with E-state index in [-0.39, 0.29) is 10.6 Å². The number of amides is 1. The summed E-state index contributed by atoms with van der Waals surface area (Å²) in [7, 11) is 0. The average molecular weight is 370 g/mol. The van der Waals surface area contributed by atoms with Crippen LogP contribution in [0, 0.1) is 0 Å². The van der Waals surface area contributed by atoms with Gasteiger partial charge < -0.3 is 14.5 Å². The van der Waals surface area contributed by atoms with Gasteiger partial charge in [0.1, 0.15) is 11.8 Å². The Morgan fingerprint density at radius 3 is 2.42 bits per heavy atom. The Morgan fingerprint density at radius 1 is 1.00 bits per heavy atom. The Bertz CT molecular complexity index is 878. The van der Waals surface area contributed by atoms with E-state index in [1.54, 1.807) is 30.3 Å². The normalized spacial score (nSPS) is 11.6. The molecule has 1 N–H and O–H groups in total. The van der Waals surface area contributed by atoms with Crippen molar-refractivity contribution in [2.45, 2.75) is 6.04 Å². The molecule has 1 amide bonds. The zero-order valence-corrected chi connectivity index (χ0v) is 14.5. The highest BCUT2D eigenvalue weighted by Crippen LogP contribution is 2.22. The second-order valence-corrected chi connectivity index (χ2v) is 5.89. The third-order valence-corrected chi connectivity index (χ3v) is 4.02. The molecule has 0 spiro atoms. The number of carbonyl (C=O) groups is 2. The molecule has 0 saturated heterocycles. The maximum atomic E-state index is 12.3. The van der Waals surface area contributed by atoms with Crippen LogP contribution in [0.2, 0.25) is 5.02 Å². The van der Waals surface area contributed by atoms with Crippen molar-refractivity contribution in [1.82, 2.24) is 5.32 Å². The number of furan rings is 1. The van der Waals surface area contributed by atoms with Gasteiger partial charge in [0.2, 0.25) is 0 Å². The first-order valence-corrected chi connectivity index (χ1v) is 8.32. The van der Waals surface area contributed by atoms with Gasteiger partial charge in [0, 0.05) is 0 Å². The van der Waals surface area contributed by atoms with Gasteiger partial charge in [0.15, 0.2) is 6.61 Å². The first kappa shape index (κ1) is 17.8. The number of ether oxygens (including phenoxy) is 1. The van der Waals surface area contributed by atoms with Crippen molar-refractivity contribution in [3.05, 3.63) is 94.9 Å². The van der Waals surface area contributed by atoms with Gasteiger partial charge in [-0.3, -0.25) is 4.79 Å². The van der Waals surface area contributed by atoms with Crippen LogP contribution in [0.5, 0.6) is 0 Å². The number of benzene rings is 2. The number of nitrogens with one attached hydrogen (secondary N) is 1. The van der Waals surface area contributed by atoms with Crippen LogP contribution in [0.4, 0.5) is 0 Å². The third kappa shape index (κ3) is 4.32. The number of esters is 1. The van der Waals surface area contributed by atoms with E-state index in [2.05, 4.69) is 5.32 Å². The van der Waals surface area contributed by atoms with Crippen LogP contribution in [0.3, 0.4) is 0 Å². The molecule has 26 heavy (non-hydrogen) atoms. The molecule has 5 nitrogen and oxygen atoms in total. The predicted octanol–water partition coefficient (Wildman–Crippen LogP) is 4.00. The highest BCUT2D eigenvalue weighted by atomic mass is 35.5. The lowest BCUT2D eigenvalue weighted by Gasteiger charge is -2.17. The zero-order chi connectivity index (χ0) is 18.4. The van der Waals surface area contributed by atoms with E-state index in [0.717, 1.165) is 5.56 Å². The topological polar surface area (TPSA) is 68.5 Å². The molecule has 0 aliphatic heterocycles. The van der Waals surface area contributed by atoms with Crippen LogP contribution < -0.4 is 5.32 Å². The number of carbonyl (C=O) groups excluding carboxylic acids is 2. The summed E-state index contributed by atoms with van der Waals surface area (Å²) in [5.74, 6) is -0.516. The highest BCUT2D eigenvalue weighted by Gasteiger charge is 2.20. The SMILES string of the molecule is O=C(COC(=O)c1ccccc1Cl)NC(c1ccccc1)c1ccco1. The van der Waals surface area contributed by atoms with Crippen LogP contribution in [-0.2, 0) is 9.53 Å². The Kier molecular flexibility index (Phi) is 5.71. The molecule has 6 heteroatoms. The van der Waals surface area contributed by atoms with E-state index in [1.165, 1.54) is 12.3 Å². The number of hydrogen-bond acceptors (Lipinski definition) is 4. The van der Waals surface area contributed by atoms with E-state index < -0.39 is 24.5 Å². The number of rotatable bonds is 6. The smallest absolute Gasteiger partial charge is 0.340 e. The standard InChI is InChI=1S/C20H16ClNO4/c21-16-10-5-4-9-15(16)20(24)26-13-18(23)22-19(17-11-6-12-25-17)14-7-2-1-3-8-14/h1-12,19H,13H2,(H,22,23). The molecule has 0 aliphatic rings. The fraction of sp³-hybridized carbons (Fsp3) is 0.100. The molecule has 1 aromatic heterocycles. The maximum absolute atomic E-state index is 12.3. The lowest BCUT2D eigenvalue weighted by Crippen LogP contribution is -2.33. The summed E-state index contributed by atoms with van der Waals surface area (Å²) in [5.41, 5.74) is 1.07. The van der Waals surface area contributed by atoms with Crippen molar-refractivity contribution in [2.75, 3.05) is 6.61 Å². The fourth-order valence-electron chi connectivity index (χ4n) is 2.46. The number of hydrogen-bond donors (Lipinski definition) is 1. The van der Waals surface area contributed by atoms with E-state index in [4.69, 9.17) is 20.8 Å². The quantitative estimate of drug-likeness (QED) is 0.667. The maximum Gasteiger partial charge on any atom is 0.340 e. The minimum Gasteiger partial charge on any atom is -0.467 e. The Labute approximate surface area is 155 Å². The van der Waals surface area contributed by atoms with Gasteiger partial charge in [-0.2, -0.15) is 0 Å². The molecule has 0 bridgehead atoms. The van der Waals surface area contributed by atoms with Crippen LogP contribution in [-0.4, -0.2) is 18.5 Å². The summed E-state index contributed by atoms with van der Waals surface area (Å²) in [6.07, 6.45) is 1.54. The van der Waals surface area contributed by atoms with Crippen molar-refractivity contribution >= 4 is 23.5 Å². The molecule has 1 heterocycles. The molecular weight excluding hydrogens is 354 g/mol. The van der Waals surface area contributed by atoms with E-state index >= 15 is 0 Å². The first-order valence-electron chi connectivity index (χ1n) is 7.94. The van der Waals surface area contributed by atoms with Gasteiger partial charge in [0.25, 0.3) is 5.91 Å². The number of halogens is 1. The summed E-state index contributed by atoms with van der Waals surface area (Å²) in [6.45, 7) is -0.423. The molecule has 3 aromatic rings. The van der Waals surface area contributed by atoms with Crippen molar-refractivity contribution in [3.63, 3.8) is 0 Å².